The molecule has 1 rings (SSSR count). The highest BCUT2D eigenvalue weighted by Gasteiger charge is 1.99. The summed E-state index contributed by atoms with van der Waals surface area (Å²) < 4.78 is 1.63. The molecule has 0 aliphatic rings. The van der Waals surface area contributed by atoms with Crippen molar-refractivity contribution in [2.75, 3.05) is 19.8 Å². The number of nitrogens with zero attached hydrogens (tertiary/aromatic N) is 3. The van der Waals surface area contributed by atoms with Crippen LogP contribution in [0.5, 0.6) is 0 Å². The van der Waals surface area contributed by atoms with Gasteiger partial charge in [0.1, 0.15) is 0 Å². The maximum atomic E-state index is 8.70. The van der Waals surface area contributed by atoms with Gasteiger partial charge in [0.2, 0.25) is 0 Å². The molecule has 0 bridgehead atoms. The molecule has 16 heavy (non-hydrogen) atoms. The Kier molecular flexibility index (Phi) is 6.71. The molecule has 0 saturated carbocycles. The number of rotatable bonds is 9. The Morgan fingerprint density at radius 3 is 2.81 bits per heavy atom. The zero-order chi connectivity index (χ0) is 11.6. The summed E-state index contributed by atoms with van der Waals surface area (Å²) in [6.45, 7) is 2.47. The second-order valence-electron chi connectivity index (χ2n) is 3.66. The predicted octanol–water partition coefficient (Wildman–Crippen LogP) is -0.477. The maximum absolute atomic E-state index is 8.70. The summed E-state index contributed by atoms with van der Waals surface area (Å²) in [7, 11) is 0. The van der Waals surface area contributed by atoms with Crippen LogP contribution in [0.3, 0.4) is 0 Å². The second-order valence-corrected chi connectivity index (χ2v) is 3.66. The van der Waals surface area contributed by atoms with Crippen molar-refractivity contribution in [2.45, 2.75) is 32.4 Å². The standard InChI is InChI=1S/C10H20N4O2/c15-6-3-1-2-4-11-8-10-9-14(5-7-16)13-12-10/h9,11,15-16H,1-8H2. The van der Waals surface area contributed by atoms with Crippen LogP contribution < -0.4 is 5.32 Å². The molecule has 6 heteroatoms. The normalized spacial score (nSPS) is 10.9. The number of nitrogens with one attached hydrogen (secondary N) is 1. The van der Waals surface area contributed by atoms with Gasteiger partial charge in [0, 0.05) is 19.3 Å². The van der Waals surface area contributed by atoms with Gasteiger partial charge in [0.05, 0.1) is 18.8 Å². The minimum atomic E-state index is 0.0807. The lowest BCUT2D eigenvalue weighted by Gasteiger charge is -2.01. The lowest BCUT2D eigenvalue weighted by Crippen LogP contribution is -2.15. The van der Waals surface area contributed by atoms with Gasteiger partial charge in [-0.1, -0.05) is 5.21 Å². The molecule has 3 N–H and O–H groups in total. The van der Waals surface area contributed by atoms with E-state index in [1.807, 2.05) is 6.20 Å². The molecule has 6 nitrogen and oxygen atoms in total. The van der Waals surface area contributed by atoms with Crippen molar-refractivity contribution in [2.24, 2.45) is 0 Å². The van der Waals surface area contributed by atoms with Crippen molar-refractivity contribution in [3.05, 3.63) is 11.9 Å². The molecule has 0 aromatic carbocycles. The summed E-state index contributed by atoms with van der Waals surface area (Å²) in [5.41, 5.74) is 0.885. The average molecular weight is 228 g/mol. The molecule has 1 aromatic rings. The predicted molar refractivity (Wildman–Crippen MR) is 59.8 cm³/mol. The van der Waals surface area contributed by atoms with Gasteiger partial charge in [-0.25, -0.2) is 4.68 Å². The molecule has 0 atom stereocenters. The van der Waals surface area contributed by atoms with Gasteiger partial charge in [0.15, 0.2) is 0 Å². The molecule has 0 aliphatic carbocycles. The van der Waals surface area contributed by atoms with E-state index in [9.17, 15) is 0 Å². The summed E-state index contributed by atoms with van der Waals surface area (Å²) in [6, 6.07) is 0. The summed E-state index contributed by atoms with van der Waals surface area (Å²) in [5, 5.41) is 28.4. The molecular formula is C10H20N4O2. The van der Waals surface area contributed by atoms with Crippen molar-refractivity contribution >= 4 is 0 Å². The molecule has 1 heterocycles. The molecule has 0 fully saturated rings. The van der Waals surface area contributed by atoms with Crippen LogP contribution in [-0.4, -0.2) is 45.0 Å². The zero-order valence-electron chi connectivity index (χ0n) is 9.47. The number of aromatic nitrogens is 3. The number of hydrogen-bond donors (Lipinski definition) is 3. The number of hydrogen-bond acceptors (Lipinski definition) is 5. The first-order valence-electron chi connectivity index (χ1n) is 5.68. The Labute approximate surface area is 95.3 Å². The van der Waals surface area contributed by atoms with Crippen LogP contribution in [0.4, 0.5) is 0 Å². The Balaban J connectivity index is 2.07. The summed E-state index contributed by atoms with van der Waals surface area (Å²) in [5.74, 6) is 0. The summed E-state index contributed by atoms with van der Waals surface area (Å²) in [4.78, 5) is 0. The van der Waals surface area contributed by atoms with Gasteiger partial charge < -0.3 is 15.5 Å². The van der Waals surface area contributed by atoms with E-state index in [-0.39, 0.29) is 13.2 Å². The van der Waals surface area contributed by atoms with E-state index in [4.69, 9.17) is 10.2 Å². The van der Waals surface area contributed by atoms with Gasteiger partial charge in [-0.3, -0.25) is 0 Å². The van der Waals surface area contributed by atoms with E-state index in [0.717, 1.165) is 31.5 Å². The fourth-order valence-electron chi connectivity index (χ4n) is 1.39. The monoisotopic (exact) mass is 228 g/mol. The first-order chi connectivity index (χ1) is 7.86. The van der Waals surface area contributed by atoms with E-state index >= 15 is 0 Å². The topological polar surface area (TPSA) is 83.2 Å². The quantitative estimate of drug-likeness (QED) is 0.497. The lowest BCUT2D eigenvalue weighted by atomic mass is 10.2. The fourth-order valence-corrected chi connectivity index (χ4v) is 1.39. The first kappa shape index (κ1) is 13.1. The Morgan fingerprint density at radius 1 is 1.19 bits per heavy atom. The zero-order valence-corrected chi connectivity index (χ0v) is 9.47. The third-order valence-corrected chi connectivity index (χ3v) is 2.23. The van der Waals surface area contributed by atoms with Crippen LogP contribution in [-0.2, 0) is 13.1 Å². The van der Waals surface area contributed by atoms with Crippen LogP contribution in [0.1, 0.15) is 25.0 Å². The minimum absolute atomic E-state index is 0.0807. The molecule has 0 amide bonds. The van der Waals surface area contributed by atoms with Crippen molar-refractivity contribution in [1.82, 2.24) is 20.3 Å². The van der Waals surface area contributed by atoms with Crippen LogP contribution in [0.25, 0.3) is 0 Å². The number of aliphatic hydroxyl groups is 2. The van der Waals surface area contributed by atoms with E-state index in [2.05, 4.69) is 15.6 Å². The highest BCUT2D eigenvalue weighted by Crippen LogP contribution is 1.95. The van der Waals surface area contributed by atoms with Crippen LogP contribution in [0.2, 0.25) is 0 Å². The Morgan fingerprint density at radius 2 is 2.06 bits per heavy atom. The van der Waals surface area contributed by atoms with Gasteiger partial charge >= 0.3 is 0 Å². The van der Waals surface area contributed by atoms with Crippen molar-refractivity contribution in [3.63, 3.8) is 0 Å². The smallest absolute Gasteiger partial charge is 0.0964 e. The van der Waals surface area contributed by atoms with Crippen LogP contribution >= 0.6 is 0 Å². The fraction of sp³-hybridized carbons (Fsp3) is 0.800. The largest absolute Gasteiger partial charge is 0.396 e. The highest BCUT2D eigenvalue weighted by atomic mass is 16.3. The molecule has 1 aromatic heterocycles. The molecular weight excluding hydrogens is 208 g/mol. The highest BCUT2D eigenvalue weighted by molar-refractivity contribution is 4.91. The Hall–Kier alpha value is -0.980. The molecule has 0 unspecified atom stereocenters. The Bertz CT molecular complexity index is 278. The van der Waals surface area contributed by atoms with E-state index in [1.54, 1.807) is 4.68 Å². The van der Waals surface area contributed by atoms with Crippen molar-refractivity contribution < 1.29 is 10.2 Å². The molecule has 0 radical (unpaired) electrons. The minimum Gasteiger partial charge on any atom is -0.396 e. The molecule has 0 spiro atoms. The van der Waals surface area contributed by atoms with Gasteiger partial charge in [0.25, 0.3) is 0 Å². The van der Waals surface area contributed by atoms with Crippen LogP contribution in [0, 0.1) is 0 Å². The first-order valence-corrected chi connectivity index (χ1v) is 5.68. The van der Waals surface area contributed by atoms with E-state index in [0.29, 0.717) is 13.1 Å². The molecule has 92 valence electrons. The second kappa shape index (κ2) is 8.20. The maximum Gasteiger partial charge on any atom is 0.0964 e. The number of unbranched alkanes of at least 4 members (excludes halogenated alkanes) is 2. The lowest BCUT2D eigenvalue weighted by molar-refractivity contribution is 0.268. The van der Waals surface area contributed by atoms with E-state index in [1.165, 1.54) is 0 Å². The van der Waals surface area contributed by atoms with Gasteiger partial charge in [-0.2, -0.15) is 0 Å². The summed E-state index contributed by atoms with van der Waals surface area (Å²) in [6.07, 6.45) is 4.80. The third-order valence-electron chi connectivity index (χ3n) is 2.23. The van der Waals surface area contributed by atoms with Crippen molar-refractivity contribution in [3.8, 4) is 0 Å². The van der Waals surface area contributed by atoms with Crippen molar-refractivity contribution in [1.29, 1.82) is 0 Å². The number of aliphatic hydroxyl groups excluding tert-OH is 2. The molecule has 0 saturated heterocycles. The van der Waals surface area contributed by atoms with Gasteiger partial charge in [-0.15, -0.1) is 5.10 Å². The van der Waals surface area contributed by atoms with E-state index < -0.39 is 0 Å². The summed E-state index contributed by atoms with van der Waals surface area (Å²) >= 11 is 0. The third kappa shape index (κ3) is 5.20. The average Bonchev–Trinajstić information content (AvgIpc) is 2.72. The molecule has 0 aliphatic heterocycles. The SMILES string of the molecule is OCCCCCNCc1cn(CCO)nn1. The van der Waals surface area contributed by atoms with Gasteiger partial charge in [-0.05, 0) is 25.8 Å². The van der Waals surface area contributed by atoms with Crippen LogP contribution in [0.15, 0.2) is 6.20 Å².